The summed E-state index contributed by atoms with van der Waals surface area (Å²) in [4.78, 5) is 24.1. The molecule has 2 N–H and O–H groups in total. The molecule has 4 nitrogen and oxygen atoms in total. The third-order valence-corrected chi connectivity index (χ3v) is 4.56. The largest absolute Gasteiger partial charge is 0.481 e. The molecule has 0 saturated carbocycles. The van der Waals surface area contributed by atoms with Crippen LogP contribution in [0.1, 0.15) is 33.5 Å². The molecule has 1 aromatic heterocycles. The van der Waals surface area contributed by atoms with Crippen LogP contribution in [-0.4, -0.2) is 35.0 Å². The Balaban J connectivity index is 2.37. The van der Waals surface area contributed by atoms with E-state index in [2.05, 4.69) is 12.2 Å². The summed E-state index contributed by atoms with van der Waals surface area (Å²) in [5.74, 6) is -0.195. The maximum Gasteiger partial charge on any atom is 0.313 e. The highest BCUT2D eigenvalue weighted by molar-refractivity contribution is 7.99. The number of thioether (sulfide) groups is 1. The standard InChI is InChI=1S/C13H19NO3S2/c1-3-4-10-7-11(19-9(10)2)13(17)14-5-6-18-8-12(15)16/h7H,3-6,8H2,1-2H3,(H,14,17)(H,15,16). The van der Waals surface area contributed by atoms with Gasteiger partial charge < -0.3 is 10.4 Å². The molecular formula is C13H19NO3S2. The number of thiophene rings is 1. The van der Waals surface area contributed by atoms with Gasteiger partial charge in [-0.25, -0.2) is 0 Å². The van der Waals surface area contributed by atoms with Gasteiger partial charge in [-0.2, -0.15) is 0 Å². The molecule has 0 aliphatic heterocycles. The molecule has 1 heterocycles. The van der Waals surface area contributed by atoms with Crippen LogP contribution in [0.2, 0.25) is 0 Å². The summed E-state index contributed by atoms with van der Waals surface area (Å²) in [6.45, 7) is 4.66. The number of hydrogen-bond acceptors (Lipinski definition) is 4. The number of carboxylic acid groups (broad SMARTS) is 1. The number of carbonyl (C=O) groups is 2. The van der Waals surface area contributed by atoms with Gasteiger partial charge >= 0.3 is 5.97 Å². The Bertz CT molecular complexity index is 443. The number of amides is 1. The number of carbonyl (C=O) groups excluding carboxylic acids is 1. The molecule has 0 atom stereocenters. The third-order valence-electron chi connectivity index (χ3n) is 2.52. The van der Waals surface area contributed by atoms with Gasteiger partial charge in [-0.3, -0.25) is 9.59 Å². The van der Waals surface area contributed by atoms with Crippen molar-refractivity contribution in [2.45, 2.75) is 26.7 Å². The molecule has 0 unspecified atom stereocenters. The highest BCUT2D eigenvalue weighted by Gasteiger charge is 2.11. The highest BCUT2D eigenvalue weighted by Crippen LogP contribution is 2.22. The molecule has 0 aliphatic rings. The molecule has 106 valence electrons. The van der Waals surface area contributed by atoms with Crippen LogP contribution < -0.4 is 5.32 Å². The van der Waals surface area contributed by atoms with E-state index < -0.39 is 5.97 Å². The van der Waals surface area contributed by atoms with Crippen molar-refractivity contribution in [2.75, 3.05) is 18.1 Å². The average molecular weight is 301 g/mol. The fourth-order valence-electron chi connectivity index (χ4n) is 1.63. The highest BCUT2D eigenvalue weighted by atomic mass is 32.2. The Morgan fingerprint density at radius 1 is 1.47 bits per heavy atom. The van der Waals surface area contributed by atoms with Crippen molar-refractivity contribution < 1.29 is 14.7 Å². The Kier molecular flexibility index (Phi) is 6.94. The van der Waals surface area contributed by atoms with E-state index in [1.807, 2.05) is 13.0 Å². The van der Waals surface area contributed by atoms with E-state index in [4.69, 9.17) is 5.11 Å². The minimum Gasteiger partial charge on any atom is -0.481 e. The van der Waals surface area contributed by atoms with E-state index >= 15 is 0 Å². The fourth-order valence-corrected chi connectivity index (χ4v) is 3.19. The van der Waals surface area contributed by atoms with Gasteiger partial charge in [-0.15, -0.1) is 23.1 Å². The van der Waals surface area contributed by atoms with Gasteiger partial charge in [-0.1, -0.05) is 13.3 Å². The minimum absolute atomic E-state index is 0.0635. The topological polar surface area (TPSA) is 66.4 Å². The molecule has 0 radical (unpaired) electrons. The first-order valence-electron chi connectivity index (χ1n) is 6.21. The van der Waals surface area contributed by atoms with Gasteiger partial charge in [0.25, 0.3) is 5.91 Å². The van der Waals surface area contributed by atoms with E-state index in [1.54, 1.807) is 0 Å². The molecule has 0 spiro atoms. The molecular weight excluding hydrogens is 282 g/mol. The lowest BCUT2D eigenvalue weighted by Gasteiger charge is -2.02. The molecule has 19 heavy (non-hydrogen) atoms. The maximum atomic E-state index is 11.9. The predicted octanol–water partition coefficient (Wildman–Crippen LogP) is 2.56. The van der Waals surface area contributed by atoms with Gasteiger partial charge in [0.2, 0.25) is 0 Å². The van der Waals surface area contributed by atoms with Crippen LogP contribution in [-0.2, 0) is 11.2 Å². The van der Waals surface area contributed by atoms with Gasteiger partial charge in [0.1, 0.15) is 0 Å². The Morgan fingerprint density at radius 2 is 2.21 bits per heavy atom. The smallest absolute Gasteiger partial charge is 0.313 e. The lowest BCUT2D eigenvalue weighted by atomic mass is 10.1. The first-order chi connectivity index (χ1) is 9.04. The van der Waals surface area contributed by atoms with Crippen molar-refractivity contribution in [2.24, 2.45) is 0 Å². The van der Waals surface area contributed by atoms with E-state index in [9.17, 15) is 9.59 Å². The van der Waals surface area contributed by atoms with Crippen molar-refractivity contribution in [3.63, 3.8) is 0 Å². The van der Waals surface area contributed by atoms with Crippen molar-refractivity contribution in [1.29, 1.82) is 0 Å². The van der Waals surface area contributed by atoms with Crippen LogP contribution in [0.5, 0.6) is 0 Å². The summed E-state index contributed by atoms with van der Waals surface area (Å²) in [5, 5.41) is 11.3. The van der Waals surface area contributed by atoms with Crippen LogP contribution in [0, 0.1) is 6.92 Å². The van der Waals surface area contributed by atoms with Crippen molar-refractivity contribution in [3.05, 3.63) is 21.4 Å². The lowest BCUT2D eigenvalue weighted by molar-refractivity contribution is -0.133. The number of rotatable bonds is 8. The average Bonchev–Trinajstić information content (AvgIpc) is 2.70. The lowest BCUT2D eigenvalue weighted by Crippen LogP contribution is -2.25. The summed E-state index contributed by atoms with van der Waals surface area (Å²) in [5.41, 5.74) is 1.25. The second-order valence-corrected chi connectivity index (χ2v) is 6.51. The van der Waals surface area contributed by atoms with Crippen LogP contribution in [0.3, 0.4) is 0 Å². The number of hydrogen-bond donors (Lipinski definition) is 2. The van der Waals surface area contributed by atoms with Crippen molar-refractivity contribution in [3.8, 4) is 0 Å². The zero-order chi connectivity index (χ0) is 14.3. The summed E-state index contributed by atoms with van der Waals surface area (Å²) in [6.07, 6.45) is 2.08. The molecule has 1 aromatic rings. The number of aryl methyl sites for hydroxylation is 2. The molecule has 0 saturated heterocycles. The van der Waals surface area contributed by atoms with Crippen LogP contribution in [0.15, 0.2) is 6.07 Å². The Hall–Kier alpha value is -1.01. The summed E-state index contributed by atoms with van der Waals surface area (Å²) in [7, 11) is 0. The Labute approximate surface area is 121 Å². The summed E-state index contributed by atoms with van der Waals surface area (Å²) in [6, 6.07) is 1.96. The quantitative estimate of drug-likeness (QED) is 0.724. The molecule has 0 aromatic carbocycles. The molecule has 6 heteroatoms. The third kappa shape index (κ3) is 5.65. The molecule has 1 amide bonds. The van der Waals surface area contributed by atoms with Gasteiger partial charge in [0.15, 0.2) is 0 Å². The zero-order valence-corrected chi connectivity index (χ0v) is 12.8. The number of carboxylic acids is 1. The van der Waals surface area contributed by atoms with Gasteiger partial charge in [-0.05, 0) is 25.0 Å². The molecule has 0 aliphatic carbocycles. The first kappa shape index (κ1) is 16.0. The Morgan fingerprint density at radius 3 is 2.84 bits per heavy atom. The predicted molar refractivity (Wildman–Crippen MR) is 80.3 cm³/mol. The SMILES string of the molecule is CCCc1cc(C(=O)NCCSCC(=O)O)sc1C. The van der Waals surface area contributed by atoms with Crippen LogP contribution in [0.4, 0.5) is 0 Å². The van der Waals surface area contributed by atoms with Gasteiger partial charge in [0.05, 0.1) is 10.6 Å². The molecule has 0 bridgehead atoms. The maximum absolute atomic E-state index is 11.9. The molecule has 0 fully saturated rings. The molecule has 1 rings (SSSR count). The summed E-state index contributed by atoms with van der Waals surface area (Å²) >= 11 is 2.82. The summed E-state index contributed by atoms with van der Waals surface area (Å²) < 4.78 is 0. The zero-order valence-electron chi connectivity index (χ0n) is 11.2. The second kappa shape index (κ2) is 8.22. The van der Waals surface area contributed by atoms with Crippen molar-refractivity contribution >= 4 is 35.0 Å². The van der Waals surface area contributed by atoms with E-state index in [0.29, 0.717) is 12.3 Å². The van der Waals surface area contributed by atoms with E-state index in [-0.39, 0.29) is 11.7 Å². The van der Waals surface area contributed by atoms with E-state index in [0.717, 1.165) is 17.7 Å². The normalized spacial score (nSPS) is 10.4. The van der Waals surface area contributed by atoms with Crippen molar-refractivity contribution in [1.82, 2.24) is 5.32 Å². The van der Waals surface area contributed by atoms with Crippen LogP contribution in [0.25, 0.3) is 0 Å². The van der Waals surface area contributed by atoms with Gasteiger partial charge in [0, 0.05) is 17.2 Å². The van der Waals surface area contributed by atoms with Crippen LogP contribution >= 0.6 is 23.1 Å². The monoisotopic (exact) mass is 301 g/mol. The minimum atomic E-state index is -0.825. The first-order valence-corrected chi connectivity index (χ1v) is 8.18. The second-order valence-electron chi connectivity index (χ2n) is 4.14. The number of nitrogens with one attached hydrogen (secondary N) is 1. The van der Waals surface area contributed by atoms with E-state index in [1.165, 1.54) is 33.5 Å². The fraction of sp³-hybridized carbons (Fsp3) is 0.538. The number of aliphatic carboxylic acids is 1.